The highest BCUT2D eigenvalue weighted by Gasteiger charge is 2.39. The Bertz CT molecular complexity index is 1890. The number of carbonyl (C=O) groups excluding carboxylic acids is 5. The number of aliphatic hydroxyl groups is 1. The third-order valence-electron chi connectivity index (χ3n) is 9.31. The Labute approximate surface area is 328 Å². The number of aromatic nitrogens is 2. The lowest BCUT2D eigenvalue weighted by molar-refractivity contribution is -0.132. The van der Waals surface area contributed by atoms with Crippen LogP contribution in [-0.4, -0.2) is 98.4 Å². The first-order chi connectivity index (χ1) is 25.9. The number of benzene rings is 1. The van der Waals surface area contributed by atoms with E-state index in [4.69, 9.17) is 4.74 Å². The molecule has 5 heterocycles. The van der Waals surface area contributed by atoms with E-state index in [1.165, 1.54) is 51.2 Å². The first-order valence-electron chi connectivity index (χ1n) is 17.6. The van der Waals surface area contributed by atoms with Crippen molar-refractivity contribution in [1.29, 1.82) is 0 Å². The second-order valence-electron chi connectivity index (χ2n) is 13.3. The second kappa shape index (κ2) is 17.6. The number of hydrogen-bond acceptors (Lipinski definition) is 14. The molecule has 1 aromatic carbocycles. The summed E-state index contributed by atoms with van der Waals surface area (Å²) in [6.45, 7) is 7.00. The van der Waals surface area contributed by atoms with Gasteiger partial charge in [-0.05, 0) is 31.7 Å². The van der Waals surface area contributed by atoms with E-state index in [-0.39, 0.29) is 34.7 Å². The van der Waals surface area contributed by atoms with Crippen molar-refractivity contribution in [2.24, 2.45) is 10.9 Å². The number of nitrogens with one attached hydrogen (secondary N) is 5. The van der Waals surface area contributed by atoms with Gasteiger partial charge in [0.1, 0.15) is 45.6 Å². The second-order valence-corrected chi connectivity index (χ2v) is 17.7. The quantitative estimate of drug-likeness (QED) is 0.206. The van der Waals surface area contributed by atoms with Crippen molar-refractivity contribution in [3.8, 4) is 0 Å². The van der Waals surface area contributed by atoms with Gasteiger partial charge in [0.25, 0.3) is 11.8 Å². The van der Waals surface area contributed by atoms with Gasteiger partial charge in [0.15, 0.2) is 6.04 Å². The molecule has 2 aromatic heterocycles. The zero-order valence-corrected chi connectivity index (χ0v) is 33.2. The highest BCUT2D eigenvalue weighted by Crippen LogP contribution is 2.30. The van der Waals surface area contributed by atoms with Gasteiger partial charge in [-0.3, -0.25) is 24.0 Å². The first-order valence-corrected chi connectivity index (χ1v) is 21.8. The topological polar surface area (TPSA) is 213 Å². The lowest BCUT2D eigenvalue weighted by Gasteiger charge is -2.28. The predicted octanol–water partition coefficient (Wildman–Crippen LogP) is 2.56. The number of amides is 5. The molecule has 54 heavy (non-hydrogen) atoms. The Balaban J connectivity index is 1.41. The largest absolute Gasteiger partial charge is 0.474 e. The number of fused-ring (bicyclic) bond motifs is 11. The van der Waals surface area contributed by atoms with Crippen LogP contribution in [0.5, 0.6) is 0 Å². The molecule has 8 bridgehead atoms. The molecule has 0 spiro atoms. The molecule has 0 aliphatic carbocycles. The van der Waals surface area contributed by atoms with Gasteiger partial charge in [0, 0.05) is 22.3 Å². The maximum atomic E-state index is 13.9. The van der Waals surface area contributed by atoms with Crippen LogP contribution in [0.15, 0.2) is 46.1 Å². The normalized spacial score (nSPS) is 28.1. The summed E-state index contributed by atoms with van der Waals surface area (Å²) in [7, 11) is 2.53. The Morgan fingerprint density at radius 3 is 2.07 bits per heavy atom. The van der Waals surface area contributed by atoms with Crippen molar-refractivity contribution < 1.29 is 33.8 Å². The van der Waals surface area contributed by atoms with E-state index in [2.05, 4.69) is 41.5 Å². The number of carbonyl (C=O) groups is 5. The summed E-state index contributed by atoms with van der Waals surface area (Å²) in [5, 5.41) is 29.2. The van der Waals surface area contributed by atoms with Crippen molar-refractivity contribution in [1.82, 2.24) is 36.6 Å². The van der Waals surface area contributed by atoms with Crippen LogP contribution >= 0.6 is 44.3 Å². The molecule has 0 radical (unpaired) electrons. The molecule has 6 N–H and O–H groups in total. The fourth-order valence-electron chi connectivity index (χ4n) is 6.00. The van der Waals surface area contributed by atoms with E-state index in [9.17, 15) is 29.1 Å². The summed E-state index contributed by atoms with van der Waals surface area (Å²) < 4.78 is 6.15. The fourth-order valence-corrected chi connectivity index (χ4v) is 10.2. The number of aliphatic hydroxyl groups excluding tert-OH is 1. The summed E-state index contributed by atoms with van der Waals surface area (Å²) in [4.78, 5) is 82.8. The molecule has 288 valence electrons. The van der Waals surface area contributed by atoms with Gasteiger partial charge in [0.2, 0.25) is 23.6 Å². The van der Waals surface area contributed by atoms with Crippen LogP contribution in [0.2, 0.25) is 0 Å². The Morgan fingerprint density at radius 1 is 0.796 bits per heavy atom. The van der Waals surface area contributed by atoms with E-state index in [1.54, 1.807) is 17.7 Å². The number of thiazole rings is 2. The van der Waals surface area contributed by atoms with Gasteiger partial charge in [0.05, 0.1) is 18.2 Å². The van der Waals surface area contributed by atoms with Crippen molar-refractivity contribution in [3.05, 3.63) is 68.1 Å². The van der Waals surface area contributed by atoms with Crippen molar-refractivity contribution in [2.75, 3.05) is 11.5 Å². The molecule has 9 atom stereocenters. The third-order valence-corrected chi connectivity index (χ3v) is 13.6. The predicted molar refractivity (Wildman–Crippen MR) is 208 cm³/mol. The molecule has 3 aromatic rings. The molecule has 0 saturated heterocycles. The monoisotopic (exact) mass is 814 g/mol. The maximum Gasteiger partial charge on any atom is 0.271 e. The summed E-state index contributed by atoms with van der Waals surface area (Å²) in [5.74, 6) is -2.57. The standard InChI is InChI=1S/C35H42N8O7S4/c1-5-16(2)25-35-40-22(13-52-35)29(46)38-24-15-54-53-14-23(30(47)42-26(17(3)44)31(48)41-25)37-28(45)21-12-51-34(39-21)20(11-19-9-7-6-8-10-19)36-32(49)27-18(4)50-33(24)43-27/h6-10,12-13,16-18,20,23-27,44H,5,11,14-15H2,1-4H3,(H,36,49)(H,37,45)(H,38,46)(H,41,48)(H,42,47)/t16-,17-,18-,20-,23+,24+,25-,26+,27+/m1/s1. The van der Waals surface area contributed by atoms with Gasteiger partial charge in [-0.2, -0.15) is 0 Å². The zero-order valence-electron chi connectivity index (χ0n) is 29.9. The number of rotatable bonds is 5. The molecule has 0 unspecified atom stereocenters. The van der Waals surface area contributed by atoms with E-state index in [0.717, 1.165) is 5.56 Å². The lowest BCUT2D eigenvalue weighted by Crippen LogP contribution is -2.58. The molecular formula is C35H42N8O7S4. The van der Waals surface area contributed by atoms with Crippen LogP contribution in [-0.2, 0) is 25.5 Å². The first kappa shape index (κ1) is 39.6. The smallest absolute Gasteiger partial charge is 0.271 e. The minimum Gasteiger partial charge on any atom is -0.474 e. The van der Waals surface area contributed by atoms with E-state index in [0.29, 0.717) is 22.9 Å². The minimum absolute atomic E-state index is 0.0433. The zero-order chi connectivity index (χ0) is 38.5. The van der Waals surface area contributed by atoms with E-state index >= 15 is 0 Å². The van der Waals surface area contributed by atoms with Crippen LogP contribution in [0.3, 0.4) is 0 Å². The van der Waals surface area contributed by atoms with Crippen LogP contribution in [0, 0.1) is 5.92 Å². The van der Waals surface area contributed by atoms with Crippen LogP contribution < -0.4 is 26.6 Å². The molecular weight excluding hydrogens is 773 g/mol. The minimum atomic E-state index is -1.37. The molecule has 15 nitrogen and oxygen atoms in total. The Morgan fingerprint density at radius 2 is 1.41 bits per heavy atom. The van der Waals surface area contributed by atoms with Crippen LogP contribution in [0.25, 0.3) is 0 Å². The van der Waals surface area contributed by atoms with Crippen molar-refractivity contribution in [2.45, 2.75) is 89.0 Å². The molecule has 3 aliphatic heterocycles. The maximum absolute atomic E-state index is 13.9. The summed E-state index contributed by atoms with van der Waals surface area (Å²) in [5.41, 5.74) is 1.09. The number of ether oxygens (including phenoxy) is 1. The van der Waals surface area contributed by atoms with Gasteiger partial charge in [-0.15, -0.1) is 22.7 Å². The number of nitrogens with zero attached hydrogens (tertiary/aromatic N) is 3. The molecule has 6 rings (SSSR count). The summed E-state index contributed by atoms with van der Waals surface area (Å²) in [6.07, 6.45) is -0.936. The number of hydrogen-bond donors (Lipinski definition) is 6. The summed E-state index contributed by atoms with van der Waals surface area (Å²) in [6, 6.07) is 3.98. The fraction of sp³-hybridized carbons (Fsp3) is 0.486. The summed E-state index contributed by atoms with van der Waals surface area (Å²) >= 11 is 2.39. The average Bonchev–Trinajstić information content (AvgIpc) is 3.93. The number of aliphatic imine (C=N–C) groups is 1. The molecule has 19 heteroatoms. The van der Waals surface area contributed by atoms with Crippen molar-refractivity contribution in [3.63, 3.8) is 0 Å². The van der Waals surface area contributed by atoms with Crippen LogP contribution in [0.4, 0.5) is 0 Å². The average molecular weight is 815 g/mol. The molecule has 3 aliphatic rings. The Hall–Kier alpha value is -4.04. The van der Waals surface area contributed by atoms with Crippen molar-refractivity contribution >= 4 is 79.7 Å². The van der Waals surface area contributed by atoms with Gasteiger partial charge in [-0.25, -0.2) is 15.0 Å². The van der Waals surface area contributed by atoms with Gasteiger partial charge < -0.3 is 36.4 Å². The Kier molecular flexibility index (Phi) is 12.9. The lowest BCUT2D eigenvalue weighted by atomic mass is 9.98. The molecule has 0 fully saturated rings. The third kappa shape index (κ3) is 9.24. The van der Waals surface area contributed by atoms with Gasteiger partial charge >= 0.3 is 0 Å². The van der Waals surface area contributed by atoms with E-state index in [1.807, 2.05) is 44.2 Å². The highest BCUT2D eigenvalue weighted by atomic mass is 33.1. The highest BCUT2D eigenvalue weighted by molar-refractivity contribution is 8.76. The SMILES string of the molecule is CC[C@@H](C)[C@H]1NC(=O)[C@H]([C@@H](C)O)NC(=O)[C@@H]2CSSC[C@H](NC(=O)c3csc1n3)C1=N[C@H](C(=O)N[C@H](Cc3ccccc3)c3nc(cs3)C(=O)N2)[C@@H](C)O1. The van der Waals surface area contributed by atoms with Gasteiger partial charge in [-0.1, -0.05) is 72.2 Å². The van der Waals surface area contributed by atoms with Crippen LogP contribution in [0.1, 0.15) is 82.8 Å². The molecule has 0 saturated carbocycles. The molecule has 5 amide bonds. The van der Waals surface area contributed by atoms with E-state index < -0.39 is 78.0 Å².